The van der Waals surface area contributed by atoms with E-state index in [0.29, 0.717) is 13.1 Å². The van der Waals surface area contributed by atoms with Gasteiger partial charge in [0.05, 0.1) is 26.3 Å². The van der Waals surface area contributed by atoms with Gasteiger partial charge in [0.1, 0.15) is 5.75 Å². The number of aliphatic hydroxyl groups excluding tert-OH is 1. The number of fused-ring (bicyclic) bond motifs is 4. The highest BCUT2D eigenvalue weighted by atomic mass is 16.5. The van der Waals surface area contributed by atoms with Crippen molar-refractivity contribution in [3.8, 4) is 5.75 Å². The van der Waals surface area contributed by atoms with Crippen molar-refractivity contribution in [2.45, 2.75) is 56.4 Å². The Morgan fingerprint density at radius 3 is 2.60 bits per heavy atom. The van der Waals surface area contributed by atoms with Gasteiger partial charge in [-0.15, -0.1) is 0 Å². The number of carbonyl (C=O) groups is 1. The summed E-state index contributed by atoms with van der Waals surface area (Å²) in [6, 6.07) is 5.88. The van der Waals surface area contributed by atoms with Crippen LogP contribution in [0.1, 0.15) is 62.2 Å². The third-order valence-corrected chi connectivity index (χ3v) is 8.75. The van der Waals surface area contributed by atoms with E-state index in [2.05, 4.69) is 16.0 Å². The SMILES string of the molecule is COc1ccc2c3c([nH]c2c1)[C@H](CO)N(C(=O)CN(C)C)CC31CCN(CC2CCCCC2)CC1. The highest BCUT2D eigenvalue weighted by Crippen LogP contribution is 2.49. The molecule has 2 aromatic rings. The molecule has 5 rings (SSSR count). The molecule has 7 nitrogen and oxygen atoms in total. The van der Waals surface area contributed by atoms with E-state index < -0.39 is 0 Å². The minimum atomic E-state index is -0.346. The Labute approximate surface area is 209 Å². The number of H-pyrrole nitrogens is 1. The largest absolute Gasteiger partial charge is 0.497 e. The Morgan fingerprint density at radius 1 is 1.20 bits per heavy atom. The molecule has 1 amide bonds. The third-order valence-electron chi connectivity index (χ3n) is 8.75. The number of likely N-dealkylation sites (tertiary alicyclic amines) is 1. The Morgan fingerprint density at radius 2 is 1.94 bits per heavy atom. The first kappa shape index (κ1) is 24.6. The van der Waals surface area contributed by atoms with Crippen molar-refractivity contribution >= 4 is 16.8 Å². The number of hydrogen-bond donors (Lipinski definition) is 2. The van der Waals surface area contributed by atoms with E-state index in [0.717, 1.165) is 48.8 Å². The number of rotatable bonds is 6. The zero-order chi connectivity index (χ0) is 24.6. The first-order valence-electron chi connectivity index (χ1n) is 13.4. The van der Waals surface area contributed by atoms with Crippen LogP contribution in [0.4, 0.5) is 0 Å². The molecule has 1 aliphatic carbocycles. The summed E-state index contributed by atoms with van der Waals surface area (Å²) in [6.45, 7) is 4.30. The van der Waals surface area contributed by atoms with E-state index in [4.69, 9.17) is 4.74 Å². The van der Waals surface area contributed by atoms with E-state index in [-0.39, 0.29) is 24.0 Å². The van der Waals surface area contributed by atoms with Crippen molar-refractivity contribution in [3.05, 3.63) is 29.5 Å². The number of ether oxygens (including phenoxy) is 1. The number of likely N-dealkylation sites (N-methyl/N-ethyl adjacent to an activating group) is 1. The summed E-state index contributed by atoms with van der Waals surface area (Å²) in [4.78, 5) is 23.5. The number of nitrogens with zero attached hydrogens (tertiary/aromatic N) is 3. The molecule has 1 aromatic carbocycles. The molecule has 3 heterocycles. The van der Waals surface area contributed by atoms with Crippen molar-refractivity contribution in [3.63, 3.8) is 0 Å². The molecular formula is C28H42N4O3. The second kappa shape index (κ2) is 10.1. The second-order valence-corrected chi connectivity index (χ2v) is 11.4. The number of piperidine rings is 1. The number of methoxy groups -OCH3 is 1. The lowest BCUT2D eigenvalue weighted by Gasteiger charge is -2.50. The molecule has 2 N–H and O–H groups in total. The molecule has 7 heteroatoms. The fourth-order valence-electron chi connectivity index (χ4n) is 6.94. The standard InChI is InChI=1S/C28H42N4O3/c1-30(2)17-25(34)32-19-28(11-13-31(14-12-28)16-20-7-5-4-6-8-20)26-22-10-9-21(35-3)15-23(22)29-27(26)24(32)18-33/h9-10,15,20,24,29,33H,4-8,11-14,16-19H2,1-3H3/t24-/m0/s1. The van der Waals surface area contributed by atoms with E-state index in [9.17, 15) is 9.90 Å². The van der Waals surface area contributed by atoms with Crippen LogP contribution >= 0.6 is 0 Å². The molecule has 1 saturated heterocycles. The molecule has 2 fully saturated rings. The van der Waals surface area contributed by atoms with Gasteiger partial charge in [0.25, 0.3) is 0 Å². The number of aromatic amines is 1. The molecule has 3 aliphatic rings. The summed E-state index contributed by atoms with van der Waals surface area (Å²) in [5.41, 5.74) is 3.26. The maximum Gasteiger partial charge on any atom is 0.237 e. The van der Waals surface area contributed by atoms with Gasteiger partial charge in [-0.1, -0.05) is 19.3 Å². The topological polar surface area (TPSA) is 72.0 Å². The summed E-state index contributed by atoms with van der Waals surface area (Å²) in [5, 5.41) is 11.7. The minimum absolute atomic E-state index is 0.0833. The summed E-state index contributed by atoms with van der Waals surface area (Å²) >= 11 is 0. The predicted molar refractivity (Wildman–Crippen MR) is 139 cm³/mol. The Bertz CT molecular complexity index is 1030. The highest BCUT2D eigenvalue weighted by molar-refractivity contribution is 5.89. The number of benzene rings is 1. The van der Waals surface area contributed by atoms with Crippen molar-refractivity contribution < 1.29 is 14.6 Å². The van der Waals surface area contributed by atoms with Crippen LogP contribution in [0.5, 0.6) is 5.75 Å². The van der Waals surface area contributed by atoms with Gasteiger partial charge in [0.2, 0.25) is 5.91 Å². The van der Waals surface area contributed by atoms with E-state index in [1.54, 1.807) is 7.11 Å². The number of aromatic nitrogens is 1. The maximum absolute atomic E-state index is 13.4. The normalized spacial score (nSPS) is 23.2. The zero-order valence-electron chi connectivity index (χ0n) is 21.7. The summed E-state index contributed by atoms with van der Waals surface area (Å²) in [5.74, 6) is 1.74. The molecule has 1 saturated carbocycles. The van der Waals surface area contributed by atoms with Gasteiger partial charge < -0.3 is 29.5 Å². The lowest BCUT2D eigenvalue weighted by atomic mass is 9.68. The molecular weight excluding hydrogens is 440 g/mol. The van der Waals surface area contributed by atoms with Gasteiger partial charge >= 0.3 is 0 Å². The number of hydrogen-bond acceptors (Lipinski definition) is 5. The van der Waals surface area contributed by atoms with Gasteiger partial charge in [-0.2, -0.15) is 0 Å². The lowest BCUT2D eigenvalue weighted by molar-refractivity contribution is -0.138. The monoisotopic (exact) mass is 482 g/mol. The van der Waals surface area contributed by atoms with Gasteiger partial charge in [-0.05, 0) is 76.5 Å². The van der Waals surface area contributed by atoms with Crippen LogP contribution < -0.4 is 4.74 Å². The first-order valence-corrected chi connectivity index (χ1v) is 13.4. The molecule has 0 unspecified atom stereocenters. The molecule has 0 radical (unpaired) electrons. The average molecular weight is 483 g/mol. The number of nitrogens with one attached hydrogen (secondary N) is 1. The van der Waals surface area contributed by atoms with Crippen LogP contribution in [0.3, 0.4) is 0 Å². The first-order chi connectivity index (χ1) is 16.9. The second-order valence-electron chi connectivity index (χ2n) is 11.4. The predicted octanol–water partition coefficient (Wildman–Crippen LogP) is 3.53. The fraction of sp³-hybridized carbons (Fsp3) is 0.679. The van der Waals surface area contributed by atoms with Crippen molar-refractivity contribution in [1.82, 2.24) is 19.7 Å². The zero-order valence-corrected chi connectivity index (χ0v) is 21.7. The molecule has 1 spiro atoms. The van der Waals surface area contributed by atoms with Crippen molar-refractivity contribution in [2.24, 2.45) is 5.92 Å². The van der Waals surface area contributed by atoms with Gasteiger partial charge in [-0.3, -0.25) is 4.79 Å². The molecule has 35 heavy (non-hydrogen) atoms. The van der Waals surface area contributed by atoms with Crippen LogP contribution in [0.2, 0.25) is 0 Å². The van der Waals surface area contributed by atoms with E-state index in [1.165, 1.54) is 49.6 Å². The van der Waals surface area contributed by atoms with Gasteiger partial charge in [0, 0.05) is 41.2 Å². The van der Waals surface area contributed by atoms with E-state index in [1.807, 2.05) is 36.0 Å². The van der Waals surface area contributed by atoms with Crippen LogP contribution in [0.25, 0.3) is 10.9 Å². The molecule has 1 atom stereocenters. The van der Waals surface area contributed by atoms with Crippen LogP contribution in [0.15, 0.2) is 18.2 Å². The summed E-state index contributed by atoms with van der Waals surface area (Å²) in [6.07, 6.45) is 9.00. The maximum atomic E-state index is 13.4. The number of aliphatic hydroxyl groups is 1. The van der Waals surface area contributed by atoms with Crippen molar-refractivity contribution in [1.29, 1.82) is 0 Å². The Kier molecular flexibility index (Phi) is 7.11. The van der Waals surface area contributed by atoms with Crippen LogP contribution in [-0.2, 0) is 10.2 Å². The van der Waals surface area contributed by atoms with Crippen molar-refractivity contribution in [2.75, 3.05) is 60.5 Å². The summed E-state index contributed by atoms with van der Waals surface area (Å²) in [7, 11) is 5.54. The Hall–Kier alpha value is -2.09. The van der Waals surface area contributed by atoms with Gasteiger partial charge in [0.15, 0.2) is 0 Å². The quantitative estimate of drug-likeness (QED) is 0.659. The molecule has 0 bridgehead atoms. The average Bonchev–Trinajstić information content (AvgIpc) is 3.25. The third kappa shape index (κ3) is 4.70. The smallest absolute Gasteiger partial charge is 0.237 e. The minimum Gasteiger partial charge on any atom is -0.497 e. The van der Waals surface area contributed by atoms with Crippen LogP contribution in [0, 0.1) is 5.92 Å². The lowest BCUT2D eigenvalue weighted by Crippen LogP contribution is -2.56. The molecule has 2 aliphatic heterocycles. The van der Waals surface area contributed by atoms with E-state index >= 15 is 0 Å². The summed E-state index contributed by atoms with van der Waals surface area (Å²) < 4.78 is 5.49. The highest BCUT2D eigenvalue weighted by Gasteiger charge is 2.48. The Balaban J connectivity index is 1.49. The van der Waals surface area contributed by atoms with Crippen LogP contribution in [-0.4, -0.2) is 91.2 Å². The fourth-order valence-corrected chi connectivity index (χ4v) is 6.94. The number of carbonyl (C=O) groups excluding carboxylic acids is 1. The van der Waals surface area contributed by atoms with Gasteiger partial charge in [-0.25, -0.2) is 0 Å². The number of amides is 1. The molecule has 192 valence electrons. The molecule has 1 aromatic heterocycles.